The Labute approximate surface area is 206 Å². The first-order valence-electron chi connectivity index (χ1n) is 10.5. The van der Waals surface area contributed by atoms with E-state index < -0.39 is 29.6 Å². The van der Waals surface area contributed by atoms with Gasteiger partial charge in [-0.05, 0) is 45.0 Å². The second-order valence-electron chi connectivity index (χ2n) is 9.02. The van der Waals surface area contributed by atoms with Gasteiger partial charge in [-0.25, -0.2) is 19.6 Å². The fourth-order valence-electron chi connectivity index (χ4n) is 4.19. The SMILES string of the molecule is CN1c2cc(Cl)cc(Cl)c2C(=C2CN(C(=O)OC(C)(C)C)N(c3ccccc3)C2=O)C1C(=O)O. The van der Waals surface area contributed by atoms with E-state index in [0.717, 1.165) is 0 Å². The number of amides is 2. The number of ether oxygens (including phenoxy) is 1. The zero-order chi connectivity index (χ0) is 24.9. The van der Waals surface area contributed by atoms with Crippen LogP contribution in [0.5, 0.6) is 0 Å². The molecule has 2 amide bonds. The van der Waals surface area contributed by atoms with Gasteiger partial charge in [-0.1, -0.05) is 41.4 Å². The molecule has 2 aromatic carbocycles. The smallest absolute Gasteiger partial charge is 0.430 e. The van der Waals surface area contributed by atoms with E-state index in [1.54, 1.807) is 64.2 Å². The summed E-state index contributed by atoms with van der Waals surface area (Å²) in [5.74, 6) is -1.70. The molecule has 1 fully saturated rings. The molecule has 0 aromatic heterocycles. The van der Waals surface area contributed by atoms with Crippen molar-refractivity contribution in [2.75, 3.05) is 23.5 Å². The second kappa shape index (κ2) is 8.52. The molecule has 0 spiro atoms. The molecule has 34 heavy (non-hydrogen) atoms. The van der Waals surface area contributed by atoms with Crippen LogP contribution in [0.1, 0.15) is 26.3 Å². The van der Waals surface area contributed by atoms with E-state index in [-0.39, 0.29) is 22.7 Å². The number of carbonyl (C=O) groups is 3. The average molecular weight is 504 g/mol. The number of fused-ring (bicyclic) bond motifs is 1. The minimum atomic E-state index is -1.19. The summed E-state index contributed by atoms with van der Waals surface area (Å²) in [6.45, 7) is 4.98. The lowest BCUT2D eigenvalue weighted by Gasteiger charge is -2.29. The molecule has 1 saturated heterocycles. The van der Waals surface area contributed by atoms with Gasteiger partial charge >= 0.3 is 12.1 Å². The number of rotatable bonds is 2. The van der Waals surface area contributed by atoms with E-state index in [0.29, 0.717) is 22.0 Å². The van der Waals surface area contributed by atoms with Crippen molar-refractivity contribution in [3.05, 3.63) is 63.6 Å². The van der Waals surface area contributed by atoms with Crippen LogP contribution in [0.25, 0.3) is 5.57 Å². The van der Waals surface area contributed by atoms with E-state index in [9.17, 15) is 19.5 Å². The highest BCUT2D eigenvalue weighted by molar-refractivity contribution is 6.37. The van der Waals surface area contributed by atoms with Gasteiger partial charge in [-0.2, -0.15) is 0 Å². The monoisotopic (exact) mass is 503 g/mol. The molecular weight excluding hydrogens is 481 g/mol. The highest BCUT2D eigenvalue weighted by Gasteiger charge is 2.47. The standard InChI is InChI=1S/C24H23Cl2N3O5/c1-24(2,3)34-23(33)28-12-15(21(30)29(28)14-8-6-5-7-9-14)18-19-16(26)10-13(25)11-17(19)27(4)20(18)22(31)32/h5-11,20H,12H2,1-4H3,(H,31,32). The largest absolute Gasteiger partial charge is 0.479 e. The molecular formula is C24H23Cl2N3O5. The third-order valence-electron chi connectivity index (χ3n) is 5.51. The van der Waals surface area contributed by atoms with Gasteiger partial charge < -0.3 is 14.7 Å². The third-order valence-corrected chi connectivity index (χ3v) is 6.02. The predicted octanol–water partition coefficient (Wildman–Crippen LogP) is 4.85. The van der Waals surface area contributed by atoms with Crippen LogP contribution in [0, 0.1) is 0 Å². The van der Waals surface area contributed by atoms with Gasteiger partial charge in [0.25, 0.3) is 5.91 Å². The predicted molar refractivity (Wildman–Crippen MR) is 130 cm³/mol. The van der Waals surface area contributed by atoms with Crippen molar-refractivity contribution in [1.29, 1.82) is 0 Å². The number of carboxylic acids is 1. The Bertz CT molecular complexity index is 1220. The number of hydrogen-bond donors (Lipinski definition) is 1. The number of para-hydroxylation sites is 1. The third kappa shape index (κ3) is 4.08. The lowest BCUT2D eigenvalue weighted by molar-refractivity contribution is -0.137. The van der Waals surface area contributed by atoms with Gasteiger partial charge in [-0.3, -0.25) is 4.79 Å². The molecule has 2 heterocycles. The summed E-state index contributed by atoms with van der Waals surface area (Å²) in [4.78, 5) is 40.7. The molecule has 2 aliphatic heterocycles. The number of hydrazine groups is 1. The van der Waals surface area contributed by atoms with Gasteiger partial charge in [-0.15, -0.1) is 0 Å². The molecule has 1 atom stereocenters. The van der Waals surface area contributed by atoms with Crippen LogP contribution in [-0.4, -0.2) is 53.3 Å². The van der Waals surface area contributed by atoms with Crippen LogP contribution in [0.2, 0.25) is 10.0 Å². The van der Waals surface area contributed by atoms with E-state index in [4.69, 9.17) is 27.9 Å². The van der Waals surface area contributed by atoms with Crippen molar-refractivity contribution in [1.82, 2.24) is 5.01 Å². The summed E-state index contributed by atoms with van der Waals surface area (Å²) in [5.41, 5.74) is 0.892. The Morgan fingerprint density at radius 1 is 1.12 bits per heavy atom. The minimum Gasteiger partial charge on any atom is -0.479 e. The number of aliphatic carboxylic acids is 1. The zero-order valence-electron chi connectivity index (χ0n) is 19.0. The Balaban J connectivity index is 1.93. The van der Waals surface area contributed by atoms with Crippen LogP contribution in [0.3, 0.4) is 0 Å². The molecule has 0 saturated carbocycles. The van der Waals surface area contributed by atoms with E-state index in [1.165, 1.54) is 21.0 Å². The second-order valence-corrected chi connectivity index (χ2v) is 9.86. The summed E-state index contributed by atoms with van der Waals surface area (Å²) < 4.78 is 5.54. The van der Waals surface area contributed by atoms with E-state index in [2.05, 4.69) is 0 Å². The number of likely N-dealkylation sites (N-methyl/N-ethyl adjacent to an activating group) is 1. The number of carboxylic acid groups (broad SMARTS) is 1. The van der Waals surface area contributed by atoms with Crippen LogP contribution in [0.4, 0.5) is 16.2 Å². The number of benzene rings is 2. The average Bonchev–Trinajstić information content (AvgIpc) is 3.22. The lowest BCUT2D eigenvalue weighted by Crippen LogP contribution is -2.45. The quantitative estimate of drug-likeness (QED) is 0.589. The number of halogens is 2. The minimum absolute atomic E-state index is 0.136. The Kier molecular flexibility index (Phi) is 5.99. The zero-order valence-corrected chi connectivity index (χ0v) is 20.5. The van der Waals surface area contributed by atoms with Crippen molar-refractivity contribution in [3.63, 3.8) is 0 Å². The van der Waals surface area contributed by atoms with Crippen molar-refractivity contribution in [2.24, 2.45) is 0 Å². The van der Waals surface area contributed by atoms with Crippen LogP contribution in [-0.2, 0) is 14.3 Å². The maximum atomic E-state index is 13.8. The Morgan fingerprint density at radius 2 is 1.76 bits per heavy atom. The summed E-state index contributed by atoms with van der Waals surface area (Å²) in [6, 6.07) is 10.5. The van der Waals surface area contributed by atoms with Gasteiger partial charge in [0.2, 0.25) is 0 Å². The number of anilines is 2. The van der Waals surface area contributed by atoms with Gasteiger partial charge in [0.1, 0.15) is 5.60 Å². The van der Waals surface area contributed by atoms with E-state index >= 15 is 0 Å². The molecule has 2 aliphatic rings. The number of hydrogen-bond acceptors (Lipinski definition) is 5. The Hall–Kier alpha value is -3.23. The normalized spacial score (nSPS) is 20.1. The molecule has 1 unspecified atom stereocenters. The summed E-state index contributed by atoms with van der Waals surface area (Å²) in [6.07, 6.45) is -0.735. The first-order valence-corrected chi connectivity index (χ1v) is 11.2. The summed E-state index contributed by atoms with van der Waals surface area (Å²) >= 11 is 12.7. The van der Waals surface area contributed by atoms with Gasteiger partial charge in [0.05, 0.1) is 17.3 Å². The van der Waals surface area contributed by atoms with Crippen molar-refractivity contribution >= 4 is 58.1 Å². The maximum Gasteiger partial charge on any atom is 0.430 e. The van der Waals surface area contributed by atoms with Crippen LogP contribution >= 0.6 is 23.2 Å². The number of nitrogens with zero attached hydrogens (tertiary/aromatic N) is 3. The van der Waals surface area contributed by atoms with Crippen molar-refractivity contribution in [2.45, 2.75) is 32.4 Å². The first kappa shape index (κ1) is 23.9. The molecule has 1 N–H and O–H groups in total. The first-order chi connectivity index (χ1) is 15.9. The molecule has 0 aliphatic carbocycles. The van der Waals surface area contributed by atoms with Gasteiger partial charge in [0.15, 0.2) is 6.04 Å². The highest BCUT2D eigenvalue weighted by Crippen LogP contribution is 2.48. The summed E-state index contributed by atoms with van der Waals surface area (Å²) in [7, 11) is 1.60. The molecule has 178 valence electrons. The molecule has 8 nitrogen and oxygen atoms in total. The molecule has 2 aromatic rings. The lowest BCUT2D eigenvalue weighted by atomic mass is 9.96. The topological polar surface area (TPSA) is 90.4 Å². The Morgan fingerprint density at radius 3 is 2.35 bits per heavy atom. The van der Waals surface area contributed by atoms with Crippen molar-refractivity contribution in [3.8, 4) is 0 Å². The molecule has 10 heteroatoms. The van der Waals surface area contributed by atoms with E-state index in [1.807, 2.05) is 0 Å². The van der Waals surface area contributed by atoms with Crippen molar-refractivity contribution < 1.29 is 24.2 Å². The van der Waals surface area contributed by atoms with Crippen LogP contribution < -0.4 is 9.91 Å². The van der Waals surface area contributed by atoms with Crippen LogP contribution in [0.15, 0.2) is 48.0 Å². The number of carbonyl (C=O) groups excluding carboxylic acids is 2. The maximum absolute atomic E-state index is 13.8. The highest BCUT2D eigenvalue weighted by atomic mass is 35.5. The summed E-state index contributed by atoms with van der Waals surface area (Å²) in [5, 5.41) is 13.0. The van der Waals surface area contributed by atoms with Gasteiger partial charge in [0, 0.05) is 34.5 Å². The molecule has 0 radical (unpaired) electrons. The fourth-order valence-corrected chi connectivity index (χ4v) is 4.78. The molecule has 0 bridgehead atoms. The fraction of sp³-hybridized carbons (Fsp3) is 0.292. The molecule has 4 rings (SSSR count).